The Kier molecular flexibility index (Phi) is 7.12. The Hall–Kier alpha value is -2.61. The van der Waals surface area contributed by atoms with Crippen molar-refractivity contribution in [3.05, 3.63) is 41.2 Å². The summed E-state index contributed by atoms with van der Waals surface area (Å²) in [4.78, 5) is 30.7. The molecule has 0 radical (unpaired) electrons. The smallest absolute Gasteiger partial charge is 0.272 e. The number of fused-ring (bicyclic) bond motifs is 1. The molecule has 1 N–H and O–H groups in total. The van der Waals surface area contributed by atoms with E-state index < -0.39 is 29.0 Å². The molecule has 1 aliphatic heterocycles. The van der Waals surface area contributed by atoms with Crippen LogP contribution in [0.5, 0.6) is 0 Å². The van der Waals surface area contributed by atoms with E-state index in [2.05, 4.69) is 10.3 Å². The van der Waals surface area contributed by atoms with Crippen LogP contribution in [0.4, 0.5) is 8.78 Å². The third-order valence-electron chi connectivity index (χ3n) is 5.45. The maximum atomic E-state index is 13.9. The molecule has 2 heterocycles. The van der Waals surface area contributed by atoms with Crippen LogP contribution in [0.25, 0.3) is 11.4 Å². The molecule has 32 heavy (non-hydrogen) atoms. The molecule has 8 heteroatoms. The van der Waals surface area contributed by atoms with Gasteiger partial charge < -0.3 is 14.6 Å². The van der Waals surface area contributed by atoms with Gasteiger partial charge in [-0.15, -0.1) is 0 Å². The number of ketones is 1. The van der Waals surface area contributed by atoms with E-state index in [4.69, 9.17) is 4.74 Å². The van der Waals surface area contributed by atoms with Gasteiger partial charge >= 0.3 is 0 Å². The van der Waals surface area contributed by atoms with E-state index >= 15 is 0 Å². The maximum absolute atomic E-state index is 13.9. The standard InChI is InChI=1S/C24H31F2N3O3/c1-14(2)11-19(30)21(24(3,4)5)28-23(31)20-18-13-32-10-6-9-29(18)22(27-20)15-7-8-16(25)17(26)12-15/h7-8,12,14,21H,6,9-11,13H2,1-5H3,(H,28,31)/t21-/m1/s1. The van der Waals surface area contributed by atoms with E-state index in [9.17, 15) is 18.4 Å². The van der Waals surface area contributed by atoms with E-state index in [-0.39, 0.29) is 24.0 Å². The average Bonchev–Trinajstić information content (AvgIpc) is 2.88. The van der Waals surface area contributed by atoms with Crippen LogP contribution in [-0.4, -0.2) is 33.9 Å². The Morgan fingerprint density at radius 3 is 2.56 bits per heavy atom. The summed E-state index contributed by atoms with van der Waals surface area (Å²) in [5, 5.41) is 2.88. The SMILES string of the molecule is CC(C)CC(=O)[C@@H](NC(=O)c1nc(-c2ccc(F)c(F)c2)n2c1COCCC2)C(C)(C)C. The second-order valence-corrected chi connectivity index (χ2v) is 9.75. The fourth-order valence-electron chi connectivity index (χ4n) is 3.90. The van der Waals surface area contributed by atoms with Gasteiger partial charge in [-0.3, -0.25) is 9.59 Å². The van der Waals surface area contributed by atoms with Crippen LogP contribution in [0.1, 0.15) is 63.6 Å². The lowest BCUT2D eigenvalue weighted by atomic mass is 9.82. The Balaban J connectivity index is 2.01. The number of ether oxygens (including phenoxy) is 1. The van der Waals surface area contributed by atoms with Crippen LogP contribution in [0.2, 0.25) is 0 Å². The molecule has 1 amide bonds. The molecule has 0 bridgehead atoms. The van der Waals surface area contributed by atoms with Crippen LogP contribution in [0, 0.1) is 23.0 Å². The normalized spacial score (nSPS) is 15.2. The highest BCUT2D eigenvalue weighted by molar-refractivity contribution is 5.98. The van der Waals surface area contributed by atoms with Crippen LogP contribution < -0.4 is 5.32 Å². The zero-order valence-electron chi connectivity index (χ0n) is 19.3. The molecule has 0 spiro atoms. The number of rotatable bonds is 6. The van der Waals surface area contributed by atoms with Gasteiger partial charge in [-0.1, -0.05) is 34.6 Å². The summed E-state index contributed by atoms with van der Waals surface area (Å²) in [6.07, 6.45) is 1.05. The molecule has 0 aliphatic carbocycles. The highest BCUT2D eigenvalue weighted by atomic mass is 19.2. The predicted octanol–water partition coefficient (Wildman–Crippen LogP) is 4.51. The molecule has 174 valence electrons. The average molecular weight is 448 g/mol. The first kappa shape index (κ1) is 24.0. The maximum Gasteiger partial charge on any atom is 0.272 e. The summed E-state index contributed by atoms with van der Waals surface area (Å²) in [7, 11) is 0. The number of Topliss-reactive ketones (excluding diaryl/α,β-unsaturated/α-hetero) is 1. The quantitative estimate of drug-likeness (QED) is 0.707. The molecule has 0 saturated heterocycles. The van der Waals surface area contributed by atoms with Gasteiger partial charge in [0.1, 0.15) is 5.82 Å². The van der Waals surface area contributed by atoms with Crippen LogP contribution in [-0.2, 0) is 22.7 Å². The molecule has 1 aromatic carbocycles. The van der Waals surface area contributed by atoms with Crippen molar-refractivity contribution in [1.29, 1.82) is 0 Å². The predicted molar refractivity (Wildman–Crippen MR) is 117 cm³/mol. The third-order valence-corrected chi connectivity index (χ3v) is 5.45. The summed E-state index contributed by atoms with van der Waals surface area (Å²) in [5.74, 6) is -1.91. The Bertz CT molecular complexity index is 1010. The second kappa shape index (κ2) is 9.48. The van der Waals surface area contributed by atoms with Gasteiger partial charge in [0.05, 0.1) is 18.3 Å². The topological polar surface area (TPSA) is 73.2 Å². The number of nitrogens with one attached hydrogen (secondary N) is 1. The minimum Gasteiger partial charge on any atom is -0.375 e. The number of hydrogen-bond acceptors (Lipinski definition) is 4. The van der Waals surface area contributed by atoms with Crippen molar-refractivity contribution in [2.45, 2.75) is 66.7 Å². The lowest BCUT2D eigenvalue weighted by Gasteiger charge is -2.30. The van der Waals surface area contributed by atoms with Crippen molar-refractivity contribution in [2.24, 2.45) is 11.3 Å². The van der Waals surface area contributed by atoms with E-state index in [0.717, 1.165) is 12.1 Å². The van der Waals surface area contributed by atoms with Gasteiger partial charge in [-0.05, 0) is 36.0 Å². The highest BCUT2D eigenvalue weighted by Crippen LogP contribution is 2.28. The molecule has 0 saturated carbocycles. The Morgan fingerprint density at radius 1 is 1.22 bits per heavy atom. The summed E-state index contributed by atoms with van der Waals surface area (Å²) in [5.41, 5.74) is 0.578. The molecule has 0 fully saturated rings. The molecular formula is C24H31F2N3O3. The first-order valence-electron chi connectivity index (χ1n) is 10.9. The summed E-state index contributed by atoms with van der Waals surface area (Å²) in [6, 6.07) is 2.86. The first-order chi connectivity index (χ1) is 15.0. The van der Waals surface area contributed by atoms with E-state index in [1.165, 1.54) is 6.07 Å². The van der Waals surface area contributed by atoms with Gasteiger partial charge in [-0.25, -0.2) is 13.8 Å². The molecule has 1 atom stereocenters. The number of imidazole rings is 1. The number of carbonyl (C=O) groups is 2. The number of carbonyl (C=O) groups excluding carboxylic acids is 2. The summed E-state index contributed by atoms with van der Waals surface area (Å²) < 4.78 is 34.8. The van der Waals surface area contributed by atoms with Crippen molar-refractivity contribution >= 4 is 11.7 Å². The lowest BCUT2D eigenvalue weighted by Crippen LogP contribution is -2.49. The Labute approximate surface area is 187 Å². The van der Waals surface area contributed by atoms with Gasteiger partial charge in [0, 0.05) is 25.1 Å². The number of amides is 1. The van der Waals surface area contributed by atoms with Crippen molar-refractivity contribution in [3.8, 4) is 11.4 Å². The van der Waals surface area contributed by atoms with Gasteiger partial charge in [-0.2, -0.15) is 0 Å². The van der Waals surface area contributed by atoms with Crippen LogP contribution in [0.15, 0.2) is 18.2 Å². The fraction of sp³-hybridized carbons (Fsp3) is 0.542. The minimum absolute atomic E-state index is 0.0387. The largest absolute Gasteiger partial charge is 0.375 e. The number of hydrogen-bond donors (Lipinski definition) is 1. The third kappa shape index (κ3) is 5.23. The molecule has 3 rings (SSSR count). The number of benzene rings is 1. The monoisotopic (exact) mass is 447 g/mol. The van der Waals surface area contributed by atoms with Crippen molar-refractivity contribution in [2.75, 3.05) is 6.61 Å². The lowest BCUT2D eigenvalue weighted by molar-refractivity contribution is -0.123. The van der Waals surface area contributed by atoms with Crippen molar-refractivity contribution in [1.82, 2.24) is 14.9 Å². The number of halogens is 2. The van der Waals surface area contributed by atoms with Crippen molar-refractivity contribution < 1.29 is 23.1 Å². The highest BCUT2D eigenvalue weighted by Gasteiger charge is 2.35. The molecule has 1 aromatic heterocycles. The molecule has 2 aromatic rings. The van der Waals surface area contributed by atoms with Gasteiger partial charge in [0.25, 0.3) is 5.91 Å². The molecule has 0 unspecified atom stereocenters. The first-order valence-corrected chi connectivity index (χ1v) is 10.9. The van der Waals surface area contributed by atoms with Crippen LogP contribution in [0.3, 0.4) is 0 Å². The molecule has 6 nitrogen and oxygen atoms in total. The zero-order valence-corrected chi connectivity index (χ0v) is 19.3. The van der Waals surface area contributed by atoms with Gasteiger partial charge in [0.2, 0.25) is 0 Å². The number of nitrogens with zero attached hydrogens (tertiary/aromatic N) is 2. The van der Waals surface area contributed by atoms with Gasteiger partial charge in [0.15, 0.2) is 23.1 Å². The summed E-state index contributed by atoms with van der Waals surface area (Å²) >= 11 is 0. The van der Waals surface area contributed by atoms with E-state index in [1.54, 1.807) is 0 Å². The zero-order chi connectivity index (χ0) is 23.6. The fourth-order valence-corrected chi connectivity index (χ4v) is 3.90. The Morgan fingerprint density at radius 2 is 1.94 bits per heavy atom. The number of aromatic nitrogens is 2. The second-order valence-electron chi connectivity index (χ2n) is 9.75. The molecule has 1 aliphatic rings. The summed E-state index contributed by atoms with van der Waals surface area (Å²) in [6.45, 7) is 10.8. The van der Waals surface area contributed by atoms with E-state index in [1.807, 2.05) is 39.2 Å². The van der Waals surface area contributed by atoms with Crippen LogP contribution >= 0.6 is 0 Å². The van der Waals surface area contributed by atoms with Crippen molar-refractivity contribution in [3.63, 3.8) is 0 Å². The minimum atomic E-state index is -0.984. The molecular weight excluding hydrogens is 416 g/mol. The van der Waals surface area contributed by atoms with E-state index in [0.29, 0.717) is 43.1 Å².